The van der Waals surface area contributed by atoms with Gasteiger partial charge in [0.1, 0.15) is 10.9 Å². The second-order valence-electron chi connectivity index (χ2n) is 6.61. The molecule has 27 heavy (non-hydrogen) atoms. The molecule has 0 bridgehead atoms. The van der Waals surface area contributed by atoms with Gasteiger partial charge in [0.2, 0.25) is 5.91 Å². The predicted molar refractivity (Wildman–Crippen MR) is 112 cm³/mol. The number of amides is 1. The van der Waals surface area contributed by atoms with Crippen molar-refractivity contribution in [2.45, 2.75) is 49.9 Å². The molecular weight excluding hydrogens is 354 g/mol. The molecule has 0 spiro atoms. The summed E-state index contributed by atoms with van der Waals surface area (Å²) in [4.78, 5) is 21.9. The van der Waals surface area contributed by atoms with E-state index in [1.165, 1.54) is 11.8 Å². The molecule has 0 radical (unpaired) electrons. The highest BCUT2D eigenvalue weighted by atomic mass is 32.2. The van der Waals surface area contributed by atoms with Gasteiger partial charge < -0.3 is 5.32 Å². The third kappa shape index (κ3) is 4.86. The number of nitrogens with zero attached hydrogens (tertiary/aromatic N) is 2. The minimum atomic E-state index is -0.245. The normalized spacial score (nSPS) is 13.3. The first kappa shape index (κ1) is 19.4. The van der Waals surface area contributed by atoms with Crippen LogP contribution in [0.1, 0.15) is 44.1 Å². The minimum Gasteiger partial charge on any atom is -0.348 e. The van der Waals surface area contributed by atoms with Gasteiger partial charge in [0, 0.05) is 5.39 Å². The quantitative estimate of drug-likeness (QED) is 0.460. The Hall–Kier alpha value is -2.40. The standard InChI is InChI=1S/C22H25N3OS/c1-4-10-19(17-11-6-5-7-12-17)25-21(26)15(2)27-22-18-13-8-9-14-20(18)23-16(3)24-22/h5-9,11-15,19H,4,10H2,1-3H3,(H,25,26). The molecule has 5 heteroatoms. The predicted octanol–water partition coefficient (Wildman–Crippen LogP) is 5.08. The number of aromatic nitrogens is 2. The van der Waals surface area contributed by atoms with Crippen LogP contribution < -0.4 is 5.32 Å². The maximum Gasteiger partial charge on any atom is 0.233 e. The lowest BCUT2D eigenvalue weighted by molar-refractivity contribution is -0.121. The van der Waals surface area contributed by atoms with Gasteiger partial charge >= 0.3 is 0 Å². The summed E-state index contributed by atoms with van der Waals surface area (Å²) in [6, 6.07) is 18.1. The van der Waals surface area contributed by atoms with Crippen LogP contribution in [0, 0.1) is 6.92 Å². The van der Waals surface area contributed by atoms with Gasteiger partial charge in [-0.1, -0.05) is 73.6 Å². The molecule has 140 valence electrons. The molecule has 3 rings (SSSR count). The molecule has 2 unspecified atom stereocenters. The van der Waals surface area contributed by atoms with Crippen molar-refractivity contribution in [3.63, 3.8) is 0 Å². The average molecular weight is 380 g/mol. The molecule has 2 aromatic carbocycles. The first-order valence-corrected chi connectivity index (χ1v) is 10.2. The maximum absolute atomic E-state index is 12.9. The molecule has 3 aromatic rings. The van der Waals surface area contributed by atoms with Crippen LogP contribution in [0.4, 0.5) is 0 Å². The molecule has 0 aliphatic heterocycles. The van der Waals surface area contributed by atoms with Gasteiger partial charge in [-0.05, 0) is 31.9 Å². The Morgan fingerprint density at radius 2 is 1.78 bits per heavy atom. The lowest BCUT2D eigenvalue weighted by Crippen LogP contribution is -2.34. The van der Waals surface area contributed by atoms with Crippen LogP contribution in [0.25, 0.3) is 10.9 Å². The molecule has 1 N–H and O–H groups in total. The van der Waals surface area contributed by atoms with Gasteiger partial charge in [0.05, 0.1) is 16.8 Å². The lowest BCUT2D eigenvalue weighted by atomic mass is 10.0. The van der Waals surface area contributed by atoms with Gasteiger partial charge in [-0.15, -0.1) is 0 Å². The molecule has 1 aromatic heterocycles. The van der Waals surface area contributed by atoms with Crippen LogP contribution in [0.15, 0.2) is 59.6 Å². The molecule has 1 heterocycles. The number of aryl methyl sites for hydroxylation is 1. The number of rotatable bonds is 7. The van der Waals surface area contributed by atoms with E-state index in [0.717, 1.165) is 40.2 Å². The first-order valence-electron chi connectivity index (χ1n) is 9.34. The Balaban J connectivity index is 1.76. The highest BCUT2D eigenvalue weighted by Crippen LogP contribution is 2.29. The summed E-state index contributed by atoms with van der Waals surface area (Å²) in [5.74, 6) is 0.750. The second kappa shape index (κ2) is 9.00. The summed E-state index contributed by atoms with van der Waals surface area (Å²) in [6.07, 6.45) is 1.93. The molecule has 1 amide bonds. The van der Waals surface area contributed by atoms with Crippen molar-refractivity contribution in [2.24, 2.45) is 0 Å². The first-order chi connectivity index (χ1) is 13.1. The van der Waals surface area contributed by atoms with E-state index >= 15 is 0 Å². The topological polar surface area (TPSA) is 54.9 Å². The van der Waals surface area contributed by atoms with Crippen LogP contribution in [0.3, 0.4) is 0 Å². The Labute approximate surface area is 164 Å². The zero-order valence-electron chi connectivity index (χ0n) is 16.0. The highest BCUT2D eigenvalue weighted by molar-refractivity contribution is 8.00. The van der Waals surface area contributed by atoms with E-state index in [1.807, 2.05) is 56.3 Å². The number of thioether (sulfide) groups is 1. The van der Waals surface area contributed by atoms with E-state index in [2.05, 4.69) is 34.3 Å². The molecule has 0 saturated carbocycles. The summed E-state index contributed by atoms with van der Waals surface area (Å²) in [5.41, 5.74) is 2.06. The van der Waals surface area contributed by atoms with E-state index in [-0.39, 0.29) is 17.2 Å². The third-order valence-electron chi connectivity index (χ3n) is 4.43. The molecule has 0 fully saturated rings. The molecule has 4 nitrogen and oxygen atoms in total. The van der Waals surface area contributed by atoms with Gasteiger partial charge in [0.25, 0.3) is 0 Å². The zero-order chi connectivity index (χ0) is 19.2. The SMILES string of the molecule is CCCC(NC(=O)C(C)Sc1nc(C)nc2ccccc12)c1ccccc1. The van der Waals surface area contributed by atoms with E-state index in [9.17, 15) is 4.79 Å². The summed E-state index contributed by atoms with van der Waals surface area (Å²) in [6.45, 7) is 5.95. The van der Waals surface area contributed by atoms with Crippen LogP contribution in [0.5, 0.6) is 0 Å². The molecule has 2 atom stereocenters. The van der Waals surface area contributed by atoms with Crippen LogP contribution in [-0.2, 0) is 4.79 Å². The number of nitrogens with one attached hydrogen (secondary N) is 1. The van der Waals surface area contributed by atoms with E-state index < -0.39 is 0 Å². The molecule has 0 saturated heterocycles. The van der Waals surface area contributed by atoms with Crippen LogP contribution in [0.2, 0.25) is 0 Å². The van der Waals surface area contributed by atoms with Crippen LogP contribution >= 0.6 is 11.8 Å². The maximum atomic E-state index is 12.9. The van der Waals surface area contributed by atoms with Crippen molar-refractivity contribution < 1.29 is 4.79 Å². The largest absolute Gasteiger partial charge is 0.348 e. The Morgan fingerprint density at radius 3 is 2.52 bits per heavy atom. The summed E-state index contributed by atoms with van der Waals surface area (Å²) < 4.78 is 0. The fraction of sp³-hybridized carbons (Fsp3) is 0.318. The van der Waals surface area contributed by atoms with E-state index in [0.29, 0.717) is 0 Å². The lowest BCUT2D eigenvalue weighted by Gasteiger charge is -2.21. The fourth-order valence-corrected chi connectivity index (χ4v) is 4.05. The number of carbonyl (C=O) groups is 1. The minimum absolute atomic E-state index is 0.0302. The number of benzene rings is 2. The van der Waals surface area contributed by atoms with Crippen molar-refractivity contribution in [2.75, 3.05) is 0 Å². The van der Waals surface area contributed by atoms with Crippen molar-refractivity contribution in [3.05, 3.63) is 66.0 Å². The summed E-state index contributed by atoms with van der Waals surface area (Å²) in [5, 5.41) is 4.81. The second-order valence-corrected chi connectivity index (χ2v) is 7.94. The number of hydrogen-bond acceptors (Lipinski definition) is 4. The average Bonchev–Trinajstić information content (AvgIpc) is 2.68. The van der Waals surface area contributed by atoms with Gasteiger partial charge in [-0.2, -0.15) is 0 Å². The number of carbonyl (C=O) groups excluding carboxylic acids is 1. The summed E-state index contributed by atoms with van der Waals surface area (Å²) in [7, 11) is 0. The van der Waals surface area contributed by atoms with Gasteiger partial charge in [0.15, 0.2) is 0 Å². The monoisotopic (exact) mass is 379 g/mol. The van der Waals surface area contributed by atoms with E-state index in [4.69, 9.17) is 0 Å². The number of para-hydroxylation sites is 1. The number of fused-ring (bicyclic) bond motifs is 1. The van der Waals surface area contributed by atoms with E-state index in [1.54, 1.807) is 0 Å². The Morgan fingerprint density at radius 1 is 1.07 bits per heavy atom. The van der Waals surface area contributed by atoms with Crippen molar-refractivity contribution in [3.8, 4) is 0 Å². The zero-order valence-corrected chi connectivity index (χ0v) is 16.8. The van der Waals surface area contributed by atoms with Crippen molar-refractivity contribution in [1.29, 1.82) is 0 Å². The highest BCUT2D eigenvalue weighted by Gasteiger charge is 2.21. The fourth-order valence-electron chi connectivity index (χ4n) is 3.05. The Bertz CT molecular complexity index is 914. The van der Waals surface area contributed by atoms with Crippen molar-refractivity contribution in [1.82, 2.24) is 15.3 Å². The molecular formula is C22H25N3OS. The summed E-state index contributed by atoms with van der Waals surface area (Å²) >= 11 is 1.49. The van der Waals surface area contributed by atoms with Crippen LogP contribution in [-0.4, -0.2) is 21.1 Å². The van der Waals surface area contributed by atoms with Gasteiger partial charge in [-0.25, -0.2) is 9.97 Å². The third-order valence-corrected chi connectivity index (χ3v) is 5.54. The Kier molecular flexibility index (Phi) is 6.45. The smallest absolute Gasteiger partial charge is 0.233 e. The number of hydrogen-bond donors (Lipinski definition) is 1. The van der Waals surface area contributed by atoms with Crippen molar-refractivity contribution >= 4 is 28.6 Å². The molecule has 0 aliphatic rings. The molecule has 0 aliphatic carbocycles. The van der Waals surface area contributed by atoms with Gasteiger partial charge in [-0.3, -0.25) is 4.79 Å².